The van der Waals surface area contributed by atoms with Gasteiger partial charge in [0.25, 0.3) is 0 Å². The minimum atomic E-state index is 0.119. The fourth-order valence-corrected chi connectivity index (χ4v) is 4.62. The van der Waals surface area contributed by atoms with Crippen LogP contribution in [0.25, 0.3) is 0 Å². The van der Waals surface area contributed by atoms with Crippen LogP contribution < -0.4 is 0 Å². The van der Waals surface area contributed by atoms with E-state index in [1.165, 1.54) is 12.0 Å². The summed E-state index contributed by atoms with van der Waals surface area (Å²) in [7, 11) is 0. The molecule has 120 valence electrons. The molecule has 3 atom stereocenters. The smallest absolute Gasteiger partial charge is 0.226 e. The Hall–Kier alpha value is -1.39. The number of rotatable bonds is 3. The summed E-state index contributed by atoms with van der Waals surface area (Å²) in [6, 6.07) is 8.10. The molecule has 2 aliphatic rings. The van der Waals surface area contributed by atoms with Crippen LogP contribution in [-0.2, 0) is 4.79 Å². The fraction of sp³-hybridized carbons (Fsp3) is 0.444. The summed E-state index contributed by atoms with van der Waals surface area (Å²) < 4.78 is 0. The highest BCUT2D eigenvalue weighted by molar-refractivity contribution is 7.09. The molecular weight excluding hydrogens is 328 g/mol. The molecule has 1 amide bonds. The number of thiazole rings is 1. The van der Waals surface area contributed by atoms with E-state index in [2.05, 4.69) is 16.0 Å². The Morgan fingerprint density at radius 3 is 3.04 bits per heavy atom. The van der Waals surface area contributed by atoms with Gasteiger partial charge in [-0.25, -0.2) is 4.98 Å². The Morgan fingerprint density at radius 1 is 1.35 bits per heavy atom. The molecule has 2 aromatic rings. The van der Waals surface area contributed by atoms with Crippen molar-refractivity contribution in [1.29, 1.82) is 0 Å². The first kappa shape index (κ1) is 15.2. The lowest BCUT2D eigenvalue weighted by molar-refractivity contribution is -0.136. The third kappa shape index (κ3) is 3.02. The Bertz CT molecular complexity index is 703. The van der Waals surface area contributed by atoms with Crippen LogP contribution in [0.1, 0.15) is 48.2 Å². The molecule has 1 aromatic carbocycles. The third-order valence-electron chi connectivity index (χ3n) is 4.91. The number of carbonyl (C=O) groups is 1. The predicted octanol–water partition coefficient (Wildman–Crippen LogP) is 4.65. The zero-order valence-electron chi connectivity index (χ0n) is 12.8. The SMILES string of the molecule is O=C([C@@H]1C[C@@H]1c1cccc(Cl)c1)N1CCCC[C@H]1c1nccs1. The first-order valence-electron chi connectivity index (χ1n) is 8.19. The van der Waals surface area contributed by atoms with Gasteiger partial charge in [0.2, 0.25) is 5.91 Å². The van der Waals surface area contributed by atoms with Gasteiger partial charge >= 0.3 is 0 Å². The highest BCUT2D eigenvalue weighted by Gasteiger charge is 2.47. The minimum absolute atomic E-state index is 0.119. The molecular formula is C18H19ClN2OS. The molecule has 1 saturated carbocycles. The standard InChI is InChI=1S/C18H19ClN2OS/c19-13-5-3-4-12(10-13)14-11-15(14)18(22)21-8-2-1-6-16(21)17-20-7-9-23-17/h3-5,7,9-10,14-16H,1-2,6,8,11H2/t14-,15-,16+/m1/s1. The van der Waals surface area contributed by atoms with Gasteiger partial charge in [-0.2, -0.15) is 0 Å². The molecule has 3 nitrogen and oxygen atoms in total. The predicted molar refractivity (Wildman–Crippen MR) is 92.7 cm³/mol. The molecule has 2 heterocycles. The highest BCUT2D eigenvalue weighted by atomic mass is 35.5. The van der Waals surface area contributed by atoms with Crippen molar-refractivity contribution in [3.8, 4) is 0 Å². The van der Waals surface area contributed by atoms with Gasteiger partial charge in [0, 0.05) is 29.1 Å². The quantitative estimate of drug-likeness (QED) is 0.810. The zero-order valence-corrected chi connectivity index (χ0v) is 14.4. The normalized spacial score (nSPS) is 27.0. The van der Waals surface area contributed by atoms with Crippen LogP contribution >= 0.6 is 22.9 Å². The van der Waals surface area contributed by atoms with E-state index < -0.39 is 0 Å². The first-order chi connectivity index (χ1) is 11.2. The van der Waals surface area contributed by atoms with Gasteiger partial charge in [-0.15, -0.1) is 11.3 Å². The molecule has 2 fully saturated rings. The Morgan fingerprint density at radius 2 is 2.26 bits per heavy atom. The number of likely N-dealkylation sites (tertiary alicyclic amines) is 1. The van der Waals surface area contributed by atoms with E-state index in [4.69, 9.17) is 11.6 Å². The lowest BCUT2D eigenvalue weighted by Gasteiger charge is -2.34. The van der Waals surface area contributed by atoms with Crippen molar-refractivity contribution in [3.63, 3.8) is 0 Å². The van der Waals surface area contributed by atoms with Crippen molar-refractivity contribution in [1.82, 2.24) is 9.88 Å². The Kier molecular flexibility index (Phi) is 4.12. The molecule has 1 saturated heterocycles. The first-order valence-corrected chi connectivity index (χ1v) is 9.45. The van der Waals surface area contributed by atoms with Gasteiger partial charge in [-0.1, -0.05) is 23.7 Å². The summed E-state index contributed by atoms with van der Waals surface area (Å²) in [6.07, 6.45) is 6.09. The topological polar surface area (TPSA) is 33.2 Å². The number of hydrogen-bond acceptors (Lipinski definition) is 3. The minimum Gasteiger partial charge on any atom is -0.333 e. The van der Waals surface area contributed by atoms with Crippen molar-refractivity contribution >= 4 is 28.8 Å². The van der Waals surface area contributed by atoms with Crippen molar-refractivity contribution in [2.24, 2.45) is 5.92 Å². The van der Waals surface area contributed by atoms with Crippen LogP contribution in [0.15, 0.2) is 35.8 Å². The maximum Gasteiger partial charge on any atom is 0.226 e. The number of carbonyl (C=O) groups excluding carboxylic acids is 1. The molecule has 1 aliphatic carbocycles. The molecule has 1 aromatic heterocycles. The molecule has 0 unspecified atom stereocenters. The second kappa shape index (κ2) is 6.25. The van der Waals surface area contributed by atoms with Gasteiger partial charge in [0.15, 0.2) is 0 Å². The lowest BCUT2D eigenvalue weighted by Crippen LogP contribution is -2.39. The van der Waals surface area contributed by atoms with Crippen LogP contribution in [0.4, 0.5) is 0 Å². The summed E-state index contributed by atoms with van der Waals surface area (Å²) in [4.78, 5) is 19.5. The monoisotopic (exact) mass is 346 g/mol. The van der Waals surface area contributed by atoms with Gasteiger partial charge < -0.3 is 4.90 Å². The van der Waals surface area contributed by atoms with Crippen molar-refractivity contribution in [3.05, 3.63) is 51.4 Å². The maximum absolute atomic E-state index is 13.0. The van der Waals surface area contributed by atoms with Gasteiger partial charge in [0.1, 0.15) is 5.01 Å². The van der Waals surface area contributed by atoms with Gasteiger partial charge in [-0.05, 0) is 49.3 Å². The van der Waals surface area contributed by atoms with E-state index >= 15 is 0 Å². The van der Waals surface area contributed by atoms with E-state index in [9.17, 15) is 4.79 Å². The average molecular weight is 347 g/mol. The van der Waals surface area contributed by atoms with E-state index in [1.54, 1.807) is 11.3 Å². The summed E-state index contributed by atoms with van der Waals surface area (Å²) in [5.41, 5.74) is 1.19. The summed E-state index contributed by atoms with van der Waals surface area (Å²) in [5.74, 6) is 0.754. The Balaban J connectivity index is 1.50. The second-order valence-electron chi connectivity index (χ2n) is 6.42. The number of benzene rings is 1. The number of hydrogen-bond donors (Lipinski definition) is 0. The number of nitrogens with zero attached hydrogens (tertiary/aromatic N) is 2. The van der Waals surface area contributed by atoms with E-state index in [0.717, 1.165) is 35.8 Å². The third-order valence-corrected chi connectivity index (χ3v) is 6.02. The maximum atomic E-state index is 13.0. The van der Waals surface area contributed by atoms with Crippen molar-refractivity contribution in [2.45, 2.75) is 37.6 Å². The molecule has 0 radical (unpaired) electrons. The number of aromatic nitrogens is 1. The molecule has 4 rings (SSSR count). The van der Waals surface area contributed by atoms with Crippen LogP contribution in [0, 0.1) is 5.92 Å². The summed E-state index contributed by atoms with van der Waals surface area (Å²) in [6.45, 7) is 0.863. The van der Waals surface area contributed by atoms with Crippen LogP contribution in [0.2, 0.25) is 5.02 Å². The number of halogens is 1. The fourth-order valence-electron chi connectivity index (χ4n) is 3.64. The second-order valence-corrected chi connectivity index (χ2v) is 7.78. The summed E-state index contributed by atoms with van der Waals surface area (Å²) >= 11 is 7.74. The van der Waals surface area contributed by atoms with Crippen LogP contribution in [0.3, 0.4) is 0 Å². The molecule has 0 spiro atoms. The van der Waals surface area contributed by atoms with E-state index in [0.29, 0.717) is 11.8 Å². The van der Waals surface area contributed by atoms with E-state index in [1.807, 2.05) is 29.8 Å². The summed E-state index contributed by atoms with van der Waals surface area (Å²) in [5, 5.41) is 3.83. The van der Waals surface area contributed by atoms with Crippen molar-refractivity contribution < 1.29 is 4.79 Å². The molecule has 0 N–H and O–H groups in total. The van der Waals surface area contributed by atoms with Crippen molar-refractivity contribution in [2.75, 3.05) is 6.54 Å². The lowest BCUT2D eigenvalue weighted by atomic mass is 10.0. The van der Waals surface area contributed by atoms with Crippen LogP contribution in [0.5, 0.6) is 0 Å². The molecule has 0 bridgehead atoms. The number of amides is 1. The van der Waals surface area contributed by atoms with Gasteiger partial charge in [-0.3, -0.25) is 4.79 Å². The van der Waals surface area contributed by atoms with Gasteiger partial charge in [0.05, 0.1) is 6.04 Å². The molecule has 5 heteroatoms. The molecule has 23 heavy (non-hydrogen) atoms. The van der Waals surface area contributed by atoms with E-state index in [-0.39, 0.29) is 12.0 Å². The number of piperidine rings is 1. The molecule has 1 aliphatic heterocycles. The van der Waals surface area contributed by atoms with Crippen LogP contribution in [-0.4, -0.2) is 22.3 Å². The highest BCUT2D eigenvalue weighted by Crippen LogP contribution is 2.50. The average Bonchev–Trinajstić information content (AvgIpc) is 3.19. The largest absolute Gasteiger partial charge is 0.333 e. The zero-order chi connectivity index (χ0) is 15.8. The Labute approximate surface area is 145 Å².